The molecule has 1 atom stereocenters. The molecular formula is C18H20N4O2. The smallest absolute Gasteiger partial charge is 0.231 e. The summed E-state index contributed by atoms with van der Waals surface area (Å²) < 4.78 is 7.00. The first-order valence-corrected chi connectivity index (χ1v) is 7.84. The molecule has 0 aliphatic rings. The third-order valence-corrected chi connectivity index (χ3v) is 4.04. The topological polar surface area (TPSA) is 73.0 Å². The Labute approximate surface area is 140 Å². The number of rotatable bonds is 5. The van der Waals surface area contributed by atoms with Gasteiger partial charge in [0.05, 0.1) is 18.2 Å². The molecule has 0 saturated heterocycles. The number of carbonyl (C=O) groups excluding carboxylic acids is 1. The summed E-state index contributed by atoms with van der Waals surface area (Å²) in [4.78, 5) is 12.5. The first-order chi connectivity index (χ1) is 11.5. The number of hydrogen-bond donors (Lipinski definition) is 1. The molecule has 2 aromatic heterocycles. The number of hydrogen-bond acceptors (Lipinski definition) is 4. The third kappa shape index (κ3) is 3.37. The van der Waals surface area contributed by atoms with Gasteiger partial charge in [0.15, 0.2) is 0 Å². The summed E-state index contributed by atoms with van der Waals surface area (Å²) in [7, 11) is 0. The molecule has 1 amide bonds. The lowest BCUT2D eigenvalue weighted by atomic mass is 9.98. The van der Waals surface area contributed by atoms with Crippen LogP contribution < -0.4 is 5.32 Å². The first kappa shape index (κ1) is 16.0. The fraction of sp³-hybridized carbons (Fsp3) is 0.278. The lowest BCUT2D eigenvalue weighted by Gasteiger charge is -2.12. The number of nitrogens with one attached hydrogen (secondary N) is 1. The predicted molar refractivity (Wildman–Crippen MR) is 90.8 cm³/mol. The average Bonchev–Trinajstić information content (AvgIpc) is 3.18. The minimum atomic E-state index is -0.319. The van der Waals surface area contributed by atoms with Crippen molar-refractivity contribution in [1.82, 2.24) is 14.9 Å². The third-order valence-electron chi connectivity index (χ3n) is 4.04. The van der Waals surface area contributed by atoms with Gasteiger partial charge in [0.1, 0.15) is 5.76 Å². The Morgan fingerprint density at radius 3 is 2.62 bits per heavy atom. The van der Waals surface area contributed by atoms with Gasteiger partial charge in [-0.05, 0) is 44.5 Å². The summed E-state index contributed by atoms with van der Waals surface area (Å²) in [5.74, 6) is 0.286. The number of aromatic nitrogens is 3. The molecular weight excluding hydrogens is 304 g/mol. The van der Waals surface area contributed by atoms with Crippen LogP contribution in [0, 0.1) is 13.8 Å². The van der Waals surface area contributed by atoms with Crippen LogP contribution in [0.2, 0.25) is 0 Å². The molecule has 0 fully saturated rings. The number of carbonyl (C=O) groups is 1. The Balaban J connectivity index is 1.66. The molecule has 0 aliphatic heterocycles. The van der Waals surface area contributed by atoms with Crippen molar-refractivity contribution >= 4 is 11.6 Å². The van der Waals surface area contributed by atoms with E-state index < -0.39 is 0 Å². The van der Waals surface area contributed by atoms with Crippen LogP contribution in [0.3, 0.4) is 0 Å². The van der Waals surface area contributed by atoms with E-state index in [-0.39, 0.29) is 11.8 Å². The fourth-order valence-electron chi connectivity index (χ4n) is 2.76. The minimum absolute atomic E-state index is 0.0794. The van der Waals surface area contributed by atoms with E-state index in [1.54, 1.807) is 6.20 Å². The van der Waals surface area contributed by atoms with E-state index in [9.17, 15) is 4.79 Å². The predicted octanol–water partition coefficient (Wildman–Crippen LogP) is 3.28. The SMILES string of the molecule is Cc1noc(C)c1[C@H](C)C(=O)Nc1ccc(Cn2cccn2)cc1. The van der Waals surface area contributed by atoms with Gasteiger partial charge in [-0.1, -0.05) is 17.3 Å². The maximum atomic E-state index is 12.5. The zero-order valence-corrected chi connectivity index (χ0v) is 14.0. The van der Waals surface area contributed by atoms with Crippen LogP contribution in [0.4, 0.5) is 5.69 Å². The summed E-state index contributed by atoms with van der Waals surface area (Å²) in [5, 5.41) is 11.0. The van der Waals surface area contributed by atoms with Crippen molar-refractivity contribution in [2.24, 2.45) is 0 Å². The standard InChI is InChI=1S/C18H20N4O2/c1-12(17-13(2)21-24-14(17)3)18(23)20-16-7-5-15(6-8-16)11-22-10-4-9-19-22/h4-10,12H,11H2,1-3H3,(H,20,23)/t12-/m0/s1. The normalized spacial score (nSPS) is 12.1. The zero-order chi connectivity index (χ0) is 17.1. The van der Waals surface area contributed by atoms with Crippen LogP contribution in [0.1, 0.15) is 35.4 Å². The van der Waals surface area contributed by atoms with Gasteiger partial charge in [0.2, 0.25) is 5.91 Å². The van der Waals surface area contributed by atoms with Crippen LogP contribution in [-0.2, 0) is 11.3 Å². The second-order valence-electron chi connectivity index (χ2n) is 5.85. The van der Waals surface area contributed by atoms with Crippen molar-refractivity contribution in [2.75, 3.05) is 5.32 Å². The second-order valence-corrected chi connectivity index (χ2v) is 5.85. The van der Waals surface area contributed by atoms with Gasteiger partial charge in [-0.3, -0.25) is 9.48 Å². The molecule has 3 rings (SSSR count). The Morgan fingerprint density at radius 2 is 2.04 bits per heavy atom. The largest absolute Gasteiger partial charge is 0.361 e. The van der Waals surface area contributed by atoms with Crippen molar-refractivity contribution in [3.05, 3.63) is 65.3 Å². The summed E-state index contributed by atoms with van der Waals surface area (Å²) in [6.45, 7) is 6.23. The number of anilines is 1. The Morgan fingerprint density at radius 1 is 1.29 bits per heavy atom. The molecule has 24 heavy (non-hydrogen) atoms. The lowest BCUT2D eigenvalue weighted by molar-refractivity contribution is -0.117. The second kappa shape index (κ2) is 6.70. The van der Waals surface area contributed by atoms with E-state index in [1.807, 2.05) is 62.0 Å². The molecule has 0 radical (unpaired) electrons. The van der Waals surface area contributed by atoms with E-state index in [4.69, 9.17) is 4.52 Å². The Bertz CT molecular complexity index is 800. The van der Waals surface area contributed by atoms with Gasteiger partial charge in [-0.2, -0.15) is 5.10 Å². The van der Waals surface area contributed by atoms with Gasteiger partial charge in [-0.15, -0.1) is 0 Å². The maximum absolute atomic E-state index is 12.5. The number of aryl methyl sites for hydroxylation is 2. The van der Waals surface area contributed by atoms with E-state index in [1.165, 1.54) is 0 Å². The summed E-state index contributed by atoms with van der Waals surface area (Å²) in [6.07, 6.45) is 3.67. The van der Waals surface area contributed by atoms with Gasteiger partial charge in [-0.25, -0.2) is 0 Å². The molecule has 0 aliphatic carbocycles. The van der Waals surface area contributed by atoms with E-state index in [2.05, 4.69) is 15.6 Å². The molecule has 124 valence electrons. The van der Waals surface area contributed by atoms with E-state index in [0.717, 1.165) is 22.5 Å². The monoisotopic (exact) mass is 324 g/mol. The van der Waals surface area contributed by atoms with Crippen molar-refractivity contribution in [2.45, 2.75) is 33.2 Å². The molecule has 0 unspecified atom stereocenters. The summed E-state index contributed by atoms with van der Waals surface area (Å²) in [5.41, 5.74) is 3.49. The number of nitrogens with zero attached hydrogens (tertiary/aromatic N) is 3. The summed E-state index contributed by atoms with van der Waals surface area (Å²) in [6, 6.07) is 9.66. The molecule has 2 heterocycles. The number of benzene rings is 1. The van der Waals surface area contributed by atoms with E-state index >= 15 is 0 Å². The Hall–Kier alpha value is -2.89. The van der Waals surface area contributed by atoms with Gasteiger partial charge < -0.3 is 9.84 Å². The molecule has 1 aromatic carbocycles. The molecule has 1 N–H and O–H groups in total. The van der Waals surface area contributed by atoms with Crippen LogP contribution in [0.5, 0.6) is 0 Å². The van der Waals surface area contributed by atoms with Crippen molar-refractivity contribution in [1.29, 1.82) is 0 Å². The quantitative estimate of drug-likeness (QED) is 0.781. The highest BCUT2D eigenvalue weighted by Gasteiger charge is 2.22. The average molecular weight is 324 g/mol. The Kier molecular flexibility index (Phi) is 4.46. The number of amides is 1. The highest BCUT2D eigenvalue weighted by Crippen LogP contribution is 2.24. The van der Waals surface area contributed by atoms with Crippen LogP contribution in [-0.4, -0.2) is 20.8 Å². The summed E-state index contributed by atoms with van der Waals surface area (Å²) >= 11 is 0. The van der Waals surface area contributed by atoms with Crippen LogP contribution in [0.15, 0.2) is 47.2 Å². The van der Waals surface area contributed by atoms with Crippen LogP contribution in [0.25, 0.3) is 0 Å². The molecule has 0 saturated carbocycles. The zero-order valence-electron chi connectivity index (χ0n) is 14.0. The lowest BCUT2D eigenvalue weighted by Crippen LogP contribution is -2.19. The molecule has 0 bridgehead atoms. The molecule has 3 aromatic rings. The van der Waals surface area contributed by atoms with E-state index in [0.29, 0.717) is 12.3 Å². The van der Waals surface area contributed by atoms with Crippen LogP contribution >= 0.6 is 0 Å². The fourth-order valence-corrected chi connectivity index (χ4v) is 2.76. The minimum Gasteiger partial charge on any atom is -0.361 e. The molecule has 0 spiro atoms. The first-order valence-electron chi connectivity index (χ1n) is 7.84. The van der Waals surface area contributed by atoms with Gasteiger partial charge >= 0.3 is 0 Å². The maximum Gasteiger partial charge on any atom is 0.231 e. The molecule has 6 nitrogen and oxygen atoms in total. The highest BCUT2D eigenvalue weighted by molar-refractivity contribution is 5.95. The van der Waals surface area contributed by atoms with Gasteiger partial charge in [0.25, 0.3) is 0 Å². The van der Waals surface area contributed by atoms with Crippen molar-refractivity contribution in [3.63, 3.8) is 0 Å². The highest BCUT2D eigenvalue weighted by atomic mass is 16.5. The van der Waals surface area contributed by atoms with Gasteiger partial charge in [0, 0.05) is 23.6 Å². The van der Waals surface area contributed by atoms with Crippen molar-refractivity contribution < 1.29 is 9.32 Å². The molecule has 6 heteroatoms. The van der Waals surface area contributed by atoms with Crippen molar-refractivity contribution in [3.8, 4) is 0 Å².